The van der Waals surface area contributed by atoms with Crippen LogP contribution in [0, 0.1) is 11.8 Å². The molecule has 2 N–H and O–H groups in total. The standard InChI is InChI=1S/C15H17N3O3/c1-2-21-15(20)12(9-6-7-9)14(19)18-11-5-3-4-10-13(11)17-8-16-10/h3-5,8-9,12H,2,6-7H2,1H3,(H,16,17)(H,18,19). The Kier molecular flexibility index (Phi) is 3.60. The fourth-order valence-corrected chi connectivity index (χ4v) is 2.45. The van der Waals surface area contributed by atoms with Crippen molar-refractivity contribution in [2.45, 2.75) is 19.8 Å². The second-order valence-corrected chi connectivity index (χ2v) is 5.16. The fourth-order valence-electron chi connectivity index (χ4n) is 2.45. The predicted molar refractivity (Wildman–Crippen MR) is 77.6 cm³/mol. The molecule has 1 saturated carbocycles. The van der Waals surface area contributed by atoms with Gasteiger partial charge < -0.3 is 15.0 Å². The van der Waals surface area contributed by atoms with Gasteiger partial charge in [-0.25, -0.2) is 4.98 Å². The normalized spacial score (nSPS) is 15.7. The summed E-state index contributed by atoms with van der Waals surface area (Å²) in [5.74, 6) is -1.38. The summed E-state index contributed by atoms with van der Waals surface area (Å²) in [5.41, 5.74) is 2.13. The Morgan fingerprint density at radius 3 is 3.00 bits per heavy atom. The van der Waals surface area contributed by atoms with Crippen molar-refractivity contribution < 1.29 is 14.3 Å². The van der Waals surface area contributed by atoms with Gasteiger partial charge in [0.25, 0.3) is 0 Å². The third-order valence-corrected chi connectivity index (χ3v) is 3.62. The van der Waals surface area contributed by atoms with Crippen LogP contribution in [0.5, 0.6) is 0 Å². The summed E-state index contributed by atoms with van der Waals surface area (Å²) >= 11 is 0. The van der Waals surface area contributed by atoms with Gasteiger partial charge in [-0.05, 0) is 37.8 Å². The first-order chi connectivity index (χ1) is 10.2. The van der Waals surface area contributed by atoms with Crippen molar-refractivity contribution in [2.75, 3.05) is 11.9 Å². The summed E-state index contributed by atoms with van der Waals surface area (Å²) in [7, 11) is 0. The number of hydrogen-bond acceptors (Lipinski definition) is 4. The van der Waals surface area contributed by atoms with E-state index in [-0.39, 0.29) is 18.4 Å². The smallest absolute Gasteiger partial charge is 0.318 e. The van der Waals surface area contributed by atoms with Crippen LogP contribution in [-0.2, 0) is 14.3 Å². The van der Waals surface area contributed by atoms with Crippen molar-refractivity contribution in [3.05, 3.63) is 24.5 Å². The Bertz CT molecular complexity index is 676. The number of para-hydroxylation sites is 1. The minimum Gasteiger partial charge on any atom is -0.465 e. The molecule has 1 aromatic heterocycles. The zero-order valence-corrected chi connectivity index (χ0v) is 11.8. The van der Waals surface area contributed by atoms with Crippen LogP contribution >= 0.6 is 0 Å². The van der Waals surface area contributed by atoms with Crippen LogP contribution in [0.3, 0.4) is 0 Å². The van der Waals surface area contributed by atoms with E-state index >= 15 is 0 Å². The molecule has 0 bridgehead atoms. The maximum atomic E-state index is 12.4. The lowest BCUT2D eigenvalue weighted by Gasteiger charge is -2.15. The summed E-state index contributed by atoms with van der Waals surface area (Å²) in [6.07, 6.45) is 3.36. The first kappa shape index (κ1) is 13.6. The van der Waals surface area contributed by atoms with Gasteiger partial charge in [-0.15, -0.1) is 0 Å². The van der Waals surface area contributed by atoms with Crippen LogP contribution < -0.4 is 5.32 Å². The Balaban J connectivity index is 1.81. The van der Waals surface area contributed by atoms with E-state index in [2.05, 4.69) is 15.3 Å². The van der Waals surface area contributed by atoms with Gasteiger partial charge in [0.15, 0.2) is 0 Å². The van der Waals surface area contributed by atoms with Crippen LogP contribution in [0.1, 0.15) is 19.8 Å². The molecule has 1 unspecified atom stereocenters. The molecule has 110 valence electrons. The maximum Gasteiger partial charge on any atom is 0.318 e. The summed E-state index contributed by atoms with van der Waals surface area (Å²) in [6, 6.07) is 5.48. The highest BCUT2D eigenvalue weighted by atomic mass is 16.5. The van der Waals surface area contributed by atoms with Crippen molar-refractivity contribution in [3.63, 3.8) is 0 Å². The number of anilines is 1. The van der Waals surface area contributed by atoms with Gasteiger partial charge in [0.1, 0.15) is 11.4 Å². The molecule has 1 amide bonds. The number of ether oxygens (including phenoxy) is 1. The van der Waals surface area contributed by atoms with E-state index in [0.717, 1.165) is 18.4 Å². The number of amides is 1. The largest absolute Gasteiger partial charge is 0.465 e. The summed E-state index contributed by atoms with van der Waals surface area (Å²) in [4.78, 5) is 31.6. The summed E-state index contributed by atoms with van der Waals surface area (Å²) in [5, 5.41) is 2.81. The van der Waals surface area contributed by atoms with Crippen LogP contribution in [0.4, 0.5) is 5.69 Å². The molecule has 1 fully saturated rings. The van der Waals surface area contributed by atoms with Crippen LogP contribution in [0.2, 0.25) is 0 Å². The lowest BCUT2D eigenvalue weighted by atomic mass is 10.0. The van der Waals surface area contributed by atoms with Gasteiger partial charge in [0.05, 0.1) is 24.1 Å². The van der Waals surface area contributed by atoms with Gasteiger partial charge in [-0.3, -0.25) is 9.59 Å². The SMILES string of the molecule is CCOC(=O)C(C(=O)Nc1cccc2[nH]cnc12)C1CC1. The molecule has 1 heterocycles. The molecule has 0 saturated heterocycles. The third-order valence-electron chi connectivity index (χ3n) is 3.62. The minimum absolute atomic E-state index is 0.0995. The first-order valence-electron chi connectivity index (χ1n) is 7.10. The molecule has 0 radical (unpaired) electrons. The molecule has 3 rings (SSSR count). The number of aromatic amines is 1. The number of aromatic nitrogens is 2. The molecule has 6 heteroatoms. The third kappa shape index (κ3) is 2.74. The van der Waals surface area contributed by atoms with Crippen LogP contribution in [0.15, 0.2) is 24.5 Å². The number of nitrogens with one attached hydrogen (secondary N) is 2. The maximum absolute atomic E-state index is 12.4. The first-order valence-corrected chi connectivity index (χ1v) is 7.10. The van der Waals surface area contributed by atoms with E-state index in [9.17, 15) is 9.59 Å². The van der Waals surface area contributed by atoms with Gasteiger partial charge in [-0.1, -0.05) is 6.07 Å². The van der Waals surface area contributed by atoms with E-state index in [4.69, 9.17) is 4.74 Å². The van der Waals surface area contributed by atoms with Gasteiger partial charge in [-0.2, -0.15) is 0 Å². The average molecular weight is 287 g/mol. The topological polar surface area (TPSA) is 84.1 Å². The van der Waals surface area contributed by atoms with E-state index < -0.39 is 11.9 Å². The van der Waals surface area contributed by atoms with Crippen LogP contribution in [-0.4, -0.2) is 28.5 Å². The number of H-pyrrole nitrogens is 1. The molecular formula is C15H17N3O3. The second kappa shape index (κ2) is 5.55. The molecule has 2 aromatic rings. The summed E-state index contributed by atoms with van der Waals surface area (Å²) < 4.78 is 5.02. The number of fused-ring (bicyclic) bond motifs is 1. The van der Waals surface area contributed by atoms with Crippen molar-refractivity contribution in [1.82, 2.24) is 9.97 Å². The number of carbonyl (C=O) groups excluding carboxylic acids is 2. The number of esters is 1. The molecule has 21 heavy (non-hydrogen) atoms. The quantitative estimate of drug-likeness (QED) is 0.651. The zero-order valence-electron chi connectivity index (χ0n) is 11.8. The van der Waals surface area contributed by atoms with Gasteiger partial charge >= 0.3 is 5.97 Å². The zero-order chi connectivity index (χ0) is 14.8. The average Bonchev–Trinajstić information content (AvgIpc) is 3.15. The molecule has 1 aromatic carbocycles. The van der Waals surface area contributed by atoms with Crippen LogP contribution in [0.25, 0.3) is 11.0 Å². The Morgan fingerprint density at radius 1 is 1.48 bits per heavy atom. The Hall–Kier alpha value is -2.37. The highest BCUT2D eigenvalue weighted by Crippen LogP contribution is 2.38. The number of imidazole rings is 1. The van der Waals surface area contributed by atoms with Gasteiger partial charge in [0, 0.05) is 0 Å². The Morgan fingerprint density at radius 2 is 2.29 bits per heavy atom. The number of rotatable bonds is 5. The highest BCUT2D eigenvalue weighted by Gasteiger charge is 2.42. The molecular weight excluding hydrogens is 270 g/mol. The van der Waals surface area contributed by atoms with Gasteiger partial charge in [0.2, 0.25) is 5.91 Å². The van der Waals surface area contributed by atoms with Crippen molar-refractivity contribution in [3.8, 4) is 0 Å². The molecule has 1 aliphatic rings. The summed E-state index contributed by atoms with van der Waals surface area (Å²) in [6.45, 7) is 2.02. The van der Waals surface area contributed by atoms with E-state index in [1.807, 2.05) is 12.1 Å². The number of nitrogens with zero attached hydrogens (tertiary/aromatic N) is 1. The Labute approximate surface area is 121 Å². The van der Waals surface area contributed by atoms with E-state index in [0.29, 0.717) is 11.2 Å². The molecule has 0 aliphatic heterocycles. The molecule has 1 atom stereocenters. The molecule has 0 spiro atoms. The monoisotopic (exact) mass is 287 g/mol. The lowest BCUT2D eigenvalue weighted by Crippen LogP contribution is -2.32. The highest BCUT2D eigenvalue weighted by molar-refractivity contribution is 6.08. The second-order valence-electron chi connectivity index (χ2n) is 5.16. The predicted octanol–water partition coefficient (Wildman–Crippen LogP) is 2.09. The minimum atomic E-state index is -0.723. The van der Waals surface area contributed by atoms with Crippen molar-refractivity contribution in [1.29, 1.82) is 0 Å². The van der Waals surface area contributed by atoms with Crippen molar-refractivity contribution >= 4 is 28.6 Å². The van der Waals surface area contributed by atoms with Crippen molar-refractivity contribution in [2.24, 2.45) is 11.8 Å². The fraction of sp³-hybridized carbons (Fsp3) is 0.400. The van der Waals surface area contributed by atoms with E-state index in [1.165, 1.54) is 0 Å². The number of carbonyl (C=O) groups is 2. The number of benzene rings is 1. The molecule has 1 aliphatic carbocycles. The van der Waals surface area contributed by atoms with E-state index in [1.54, 1.807) is 19.3 Å². The lowest BCUT2D eigenvalue weighted by molar-refractivity contribution is -0.151. The number of hydrogen-bond donors (Lipinski definition) is 2. The molecule has 6 nitrogen and oxygen atoms in total.